The van der Waals surface area contributed by atoms with Crippen LogP contribution in [0.5, 0.6) is 0 Å². The average Bonchev–Trinajstić information content (AvgIpc) is 3.93. The summed E-state index contributed by atoms with van der Waals surface area (Å²) in [7, 11) is 0. The minimum atomic E-state index is -1.26. The number of ether oxygens (including phenoxy) is 4. The molecule has 0 bridgehead atoms. The zero-order chi connectivity index (χ0) is 31.0. The Morgan fingerprint density at radius 3 is 2.48 bits per heavy atom. The van der Waals surface area contributed by atoms with Crippen LogP contribution in [-0.4, -0.2) is 60.8 Å². The summed E-state index contributed by atoms with van der Waals surface area (Å²) in [6.45, 7) is 11.1. The third kappa shape index (κ3) is 4.65. The molecule has 0 radical (unpaired) electrons. The van der Waals surface area contributed by atoms with Crippen molar-refractivity contribution in [1.82, 2.24) is 5.32 Å². The largest absolute Gasteiger partial charge is 0.488 e. The molecule has 4 aliphatic carbocycles. The summed E-state index contributed by atoms with van der Waals surface area (Å²) in [5.41, 5.74) is -1.96. The molecule has 7 rings (SSSR count). The number of rotatable bonds is 8. The number of nitrogens with zero attached hydrogens (tertiary/aromatic N) is 1. The molecule has 10 heteroatoms. The van der Waals surface area contributed by atoms with Crippen LogP contribution in [0.25, 0.3) is 0 Å². The summed E-state index contributed by atoms with van der Waals surface area (Å²) in [5.74, 6) is -0.459. The van der Waals surface area contributed by atoms with E-state index in [0.717, 1.165) is 32.2 Å². The molecule has 7 aliphatic rings. The van der Waals surface area contributed by atoms with Gasteiger partial charge in [0.25, 0.3) is 0 Å². The summed E-state index contributed by atoms with van der Waals surface area (Å²) in [5, 5.41) is 7.08. The second-order valence-corrected chi connectivity index (χ2v) is 14.8. The maximum absolute atomic E-state index is 14.4. The Hall–Kier alpha value is -3.01. The normalized spacial score (nSPS) is 42.8. The van der Waals surface area contributed by atoms with Gasteiger partial charge < -0.3 is 24.3 Å². The van der Waals surface area contributed by atoms with Crippen LogP contribution >= 0.6 is 0 Å². The van der Waals surface area contributed by atoms with Crippen molar-refractivity contribution in [3.63, 3.8) is 0 Å². The van der Waals surface area contributed by atoms with Crippen LogP contribution in [-0.2, 0) is 33.3 Å². The van der Waals surface area contributed by atoms with Gasteiger partial charge in [-0.05, 0) is 63.2 Å². The second-order valence-electron chi connectivity index (χ2n) is 14.8. The van der Waals surface area contributed by atoms with Crippen molar-refractivity contribution in [1.29, 1.82) is 0 Å². The molecule has 1 N–H and O–H groups in total. The number of nitroso groups, excluding NO2 is 1. The van der Waals surface area contributed by atoms with Crippen LogP contribution in [0.15, 0.2) is 41.0 Å². The molecule has 4 saturated carbocycles. The molecule has 0 spiro atoms. The Kier molecular flexibility index (Phi) is 7.10. The Morgan fingerprint density at radius 1 is 1.09 bits per heavy atom. The summed E-state index contributed by atoms with van der Waals surface area (Å²) in [4.78, 5) is 52.6. The third-order valence-corrected chi connectivity index (χ3v) is 12.0. The van der Waals surface area contributed by atoms with E-state index in [1.54, 1.807) is 0 Å². The molecule has 9 unspecified atom stereocenters. The van der Waals surface area contributed by atoms with Crippen molar-refractivity contribution in [2.24, 2.45) is 39.7 Å². The van der Waals surface area contributed by atoms with Crippen molar-refractivity contribution in [3.8, 4) is 0 Å². The van der Waals surface area contributed by atoms with Crippen LogP contribution < -0.4 is 5.32 Å². The zero-order valence-electron chi connectivity index (χ0n) is 26.0. The number of esters is 2. The number of hydrogen-bond donors (Lipinski definition) is 1. The SMILES string of the molecule is C=C1OC(C2C=CCN2)CC2=C1C(N=O)C1C(C)(O2)C(=O)CC2C(C)(CCOC(=O)C3CC3)C(OC(=O)C3CC3)CCC12C. The first-order valence-corrected chi connectivity index (χ1v) is 16.4. The molecule has 10 nitrogen and oxygen atoms in total. The standard InChI is InChI=1S/C34H44N2O8/c1-18-27-23(16-22(42-18)21-6-5-14-35-21)44-34(4)25(37)17-24-32(2,13-15-41-30(38)19-7-8-19)26(43-31(39)20-9-10-20)11-12-33(24,3)29(34)28(27)36-40/h5-6,19-22,24,26,28-29,35H,1,7-17H2,2-4H3. The fourth-order valence-corrected chi connectivity index (χ4v) is 9.27. The van der Waals surface area contributed by atoms with E-state index in [4.69, 9.17) is 18.9 Å². The van der Waals surface area contributed by atoms with Crippen molar-refractivity contribution < 1.29 is 33.3 Å². The van der Waals surface area contributed by atoms with E-state index >= 15 is 0 Å². The van der Waals surface area contributed by atoms with E-state index in [1.807, 2.05) is 13.0 Å². The predicted molar refractivity (Wildman–Crippen MR) is 159 cm³/mol. The van der Waals surface area contributed by atoms with E-state index in [9.17, 15) is 19.3 Å². The van der Waals surface area contributed by atoms with Crippen molar-refractivity contribution >= 4 is 17.7 Å². The Balaban J connectivity index is 1.23. The van der Waals surface area contributed by atoms with Crippen LogP contribution in [0.2, 0.25) is 0 Å². The van der Waals surface area contributed by atoms with Crippen LogP contribution in [0.1, 0.15) is 78.6 Å². The average molecular weight is 609 g/mol. The molecule has 0 saturated heterocycles. The Labute approximate surface area is 258 Å². The van der Waals surface area contributed by atoms with Gasteiger partial charge in [-0.15, -0.1) is 0 Å². The topological polar surface area (TPSA) is 130 Å². The summed E-state index contributed by atoms with van der Waals surface area (Å²) >= 11 is 0. The molecule has 4 fully saturated rings. The molecular weight excluding hydrogens is 564 g/mol. The van der Waals surface area contributed by atoms with E-state index in [-0.39, 0.29) is 60.6 Å². The minimum Gasteiger partial charge on any atom is -0.488 e. The van der Waals surface area contributed by atoms with Crippen LogP contribution in [0.4, 0.5) is 0 Å². The highest BCUT2D eigenvalue weighted by Gasteiger charge is 2.70. The lowest BCUT2D eigenvalue weighted by Crippen LogP contribution is -2.69. The first-order chi connectivity index (χ1) is 21.0. The lowest BCUT2D eigenvalue weighted by Gasteiger charge is -2.65. The maximum atomic E-state index is 14.4. The fourth-order valence-electron chi connectivity index (χ4n) is 9.27. The van der Waals surface area contributed by atoms with Gasteiger partial charge in [0.1, 0.15) is 29.8 Å². The molecule has 3 aliphatic heterocycles. The van der Waals surface area contributed by atoms with E-state index in [0.29, 0.717) is 42.8 Å². The monoisotopic (exact) mass is 608 g/mol. The minimum absolute atomic E-state index is 0.0213. The number of nitrogens with one attached hydrogen (secondary N) is 1. The van der Waals surface area contributed by atoms with Gasteiger partial charge in [-0.1, -0.05) is 37.8 Å². The van der Waals surface area contributed by atoms with E-state index in [1.165, 1.54) is 0 Å². The number of carbonyl (C=O) groups excluding carboxylic acids is 3. The molecular formula is C34H44N2O8. The lowest BCUT2D eigenvalue weighted by atomic mass is 9.42. The molecule has 238 valence electrons. The van der Waals surface area contributed by atoms with Gasteiger partial charge in [-0.25, -0.2) is 0 Å². The number of carbonyl (C=O) groups is 3. The quantitative estimate of drug-likeness (QED) is 0.237. The highest BCUT2D eigenvalue weighted by atomic mass is 16.6. The molecule has 0 aromatic heterocycles. The van der Waals surface area contributed by atoms with Gasteiger partial charge >= 0.3 is 11.9 Å². The van der Waals surface area contributed by atoms with Crippen LogP contribution in [0, 0.1) is 39.4 Å². The second kappa shape index (κ2) is 10.5. The molecule has 44 heavy (non-hydrogen) atoms. The summed E-state index contributed by atoms with van der Waals surface area (Å²) in [6.07, 6.45) is 9.02. The van der Waals surface area contributed by atoms with Crippen molar-refractivity contribution in [3.05, 3.63) is 40.7 Å². The van der Waals surface area contributed by atoms with Gasteiger partial charge in [-0.2, -0.15) is 4.91 Å². The number of hydrogen-bond acceptors (Lipinski definition) is 10. The van der Waals surface area contributed by atoms with Crippen molar-refractivity contribution in [2.45, 2.75) is 108 Å². The zero-order valence-corrected chi connectivity index (χ0v) is 26.0. The molecule has 0 aromatic carbocycles. The third-order valence-electron chi connectivity index (χ3n) is 12.0. The summed E-state index contributed by atoms with van der Waals surface area (Å²) in [6, 6.07) is -0.909. The smallest absolute Gasteiger partial charge is 0.309 e. The van der Waals surface area contributed by atoms with Gasteiger partial charge in [0, 0.05) is 30.7 Å². The Morgan fingerprint density at radius 2 is 1.82 bits per heavy atom. The fraction of sp³-hybridized carbons (Fsp3) is 0.735. The molecule has 0 amide bonds. The highest BCUT2D eigenvalue weighted by molar-refractivity contribution is 5.90. The van der Waals surface area contributed by atoms with Crippen molar-refractivity contribution in [2.75, 3.05) is 13.2 Å². The highest BCUT2D eigenvalue weighted by Crippen LogP contribution is 2.67. The first kappa shape index (κ1) is 29.7. The van der Waals surface area contributed by atoms with E-state index in [2.05, 4.69) is 37.0 Å². The molecule has 0 aromatic rings. The molecule has 9 atom stereocenters. The lowest BCUT2D eigenvalue weighted by molar-refractivity contribution is -0.222. The predicted octanol–water partition coefficient (Wildman–Crippen LogP) is 4.67. The number of ketones is 1. The molecule has 3 heterocycles. The number of Topliss-reactive ketones (excluding diaryl/α,β-unsaturated/α-hetero) is 1. The van der Waals surface area contributed by atoms with Gasteiger partial charge in [0.2, 0.25) is 0 Å². The first-order valence-electron chi connectivity index (χ1n) is 16.4. The van der Waals surface area contributed by atoms with Gasteiger partial charge in [-0.3, -0.25) is 14.4 Å². The summed E-state index contributed by atoms with van der Waals surface area (Å²) < 4.78 is 24.9. The van der Waals surface area contributed by atoms with Crippen LogP contribution in [0.3, 0.4) is 0 Å². The van der Waals surface area contributed by atoms with Gasteiger partial charge in [0.05, 0.1) is 30.1 Å². The van der Waals surface area contributed by atoms with E-state index < -0.39 is 34.5 Å². The van der Waals surface area contributed by atoms with Gasteiger partial charge in [0.15, 0.2) is 11.4 Å². The Bertz CT molecular complexity index is 1350. The maximum Gasteiger partial charge on any atom is 0.309 e. The number of fused-ring (bicyclic) bond motifs is 3.